The van der Waals surface area contributed by atoms with Crippen LogP contribution in [0, 0.1) is 0 Å². The van der Waals surface area contributed by atoms with Crippen molar-refractivity contribution < 1.29 is 24.2 Å². The Bertz CT molecular complexity index is 1020. The highest BCUT2D eigenvalue weighted by atomic mass is 16.5. The van der Waals surface area contributed by atoms with Crippen molar-refractivity contribution >= 4 is 18.0 Å². The second-order valence-corrected chi connectivity index (χ2v) is 9.41. The molecule has 2 amide bonds. The quantitative estimate of drug-likeness (QED) is 0.477. The highest BCUT2D eigenvalue weighted by Gasteiger charge is 2.40. The minimum absolute atomic E-state index is 0.0273. The molecule has 0 aromatic heterocycles. The van der Waals surface area contributed by atoms with Gasteiger partial charge in [0.05, 0.1) is 12.0 Å². The molecule has 3 N–H and O–H groups in total. The minimum atomic E-state index is -0.915. The summed E-state index contributed by atoms with van der Waals surface area (Å²) in [5.74, 6) is -1.18. The summed E-state index contributed by atoms with van der Waals surface area (Å²) in [6, 6.07) is 15.9. The summed E-state index contributed by atoms with van der Waals surface area (Å²) in [7, 11) is 0. The molecule has 1 fully saturated rings. The zero-order valence-electron chi connectivity index (χ0n) is 19.5. The van der Waals surface area contributed by atoms with Gasteiger partial charge in [-0.15, -0.1) is 0 Å². The largest absolute Gasteiger partial charge is 0.481 e. The Morgan fingerprint density at radius 1 is 1.06 bits per heavy atom. The topological polar surface area (TPSA) is 105 Å². The predicted molar refractivity (Wildman–Crippen MR) is 128 cm³/mol. The number of carboxylic acid groups (broad SMARTS) is 1. The van der Waals surface area contributed by atoms with Gasteiger partial charge in [-0.1, -0.05) is 61.9 Å². The van der Waals surface area contributed by atoms with E-state index in [-0.39, 0.29) is 37.3 Å². The molecule has 0 heterocycles. The third kappa shape index (κ3) is 5.24. The van der Waals surface area contributed by atoms with Crippen LogP contribution in [0.15, 0.2) is 48.5 Å². The summed E-state index contributed by atoms with van der Waals surface area (Å²) in [5.41, 5.74) is 3.97. The normalized spacial score (nSPS) is 16.5. The molecule has 0 radical (unpaired) electrons. The molecule has 2 aromatic rings. The van der Waals surface area contributed by atoms with Crippen molar-refractivity contribution in [3.05, 3.63) is 59.7 Å². The lowest BCUT2D eigenvalue weighted by molar-refractivity contribution is -0.140. The maximum atomic E-state index is 12.6. The van der Waals surface area contributed by atoms with Crippen molar-refractivity contribution in [2.24, 2.45) is 0 Å². The second-order valence-electron chi connectivity index (χ2n) is 9.41. The van der Waals surface area contributed by atoms with Crippen LogP contribution in [0.25, 0.3) is 11.1 Å². The van der Waals surface area contributed by atoms with Gasteiger partial charge in [0.1, 0.15) is 6.61 Å². The Morgan fingerprint density at radius 2 is 1.68 bits per heavy atom. The van der Waals surface area contributed by atoms with Gasteiger partial charge in [-0.2, -0.15) is 0 Å². The van der Waals surface area contributed by atoms with Gasteiger partial charge in [0.25, 0.3) is 0 Å². The van der Waals surface area contributed by atoms with Gasteiger partial charge >= 0.3 is 12.1 Å². The van der Waals surface area contributed by atoms with Crippen LogP contribution in [-0.2, 0) is 14.3 Å². The van der Waals surface area contributed by atoms with Crippen molar-refractivity contribution in [2.75, 3.05) is 6.61 Å². The first kappa shape index (κ1) is 23.8. The van der Waals surface area contributed by atoms with Crippen molar-refractivity contribution in [3.63, 3.8) is 0 Å². The van der Waals surface area contributed by atoms with E-state index >= 15 is 0 Å². The molecule has 180 valence electrons. The lowest BCUT2D eigenvalue weighted by atomic mass is 9.74. The van der Waals surface area contributed by atoms with Crippen LogP contribution in [0.2, 0.25) is 0 Å². The molecular formula is C27H32N2O5. The number of alkyl carbamates (subject to hydrolysis) is 1. The number of carboxylic acids is 1. The number of ether oxygens (including phenoxy) is 1. The van der Waals surface area contributed by atoms with E-state index in [4.69, 9.17) is 9.84 Å². The summed E-state index contributed by atoms with van der Waals surface area (Å²) in [4.78, 5) is 36.5. The fraction of sp³-hybridized carbons (Fsp3) is 0.444. The summed E-state index contributed by atoms with van der Waals surface area (Å²) < 4.78 is 5.62. The van der Waals surface area contributed by atoms with Crippen LogP contribution in [-0.4, -0.2) is 41.3 Å². The zero-order chi connectivity index (χ0) is 24.1. The van der Waals surface area contributed by atoms with Gasteiger partial charge in [-0.25, -0.2) is 4.79 Å². The van der Waals surface area contributed by atoms with Crippen LogP contribution in [0.4, 0.5) is 4.79 Å². The average Bonchev–Trinajstić information content (AvgIpc) is 3.10. The molecule has 0 spiro atoms. The summed E-state index contributed by atoms with van der Waals surface area (Å²) in [6.45, 7) is 2.20. The monoisotopic (exact) mass is 464 g/mol. The summed E-state index contributed by atoms with van der Waals surface area (Å²) in [5, 5.41) is 14.9. The van der Waals surface area contributed by atoms with Crippen molar-refractivity contribution in [3.8, 4) is 11.1 Å². The molecule has 1 saturated carbocycles. The third-order valence-corrected chi connectivity index (χ3v) is 6.94. The van der Waals surface area contributed by atoms with E-state index < -0.39 is 17.6 Å². The highest BCUT2D eigenvalue weighted by Crippen LogP contribution is 2.44. The SMILES string of the molecule is CCC[C@@H](CC(=O)NC1(CC(=O)O)CCC1)NC(=O)OCC1c2ccccc2-c2ccccc21. The van der Waals surface area contributed by atoms with E-state index in [2.05, 4.69) is 34.9 Å². The van der Waals surface area contributed by atoms with Crippen LogP contribution < -0.4 is 10.6 Å². The van der Waals surface area contributed by atoms with Crippen molar-refractivity contribution in [1.29, 1.82) is 0 Å². The van der Waals surface area contributed by atoms with Crippen molar-refractivity contribution in [1.82, 2.24) is 10.6 Å². The van der Waals surface area contributed by atoms with Crippen molar-refractivity contribution in [2.45, 2.75) is 69.4 Å². The molecule has 7 nitrogen and oxygen atoms in total. The fourth-order valence-corrected chi connectivity index (χ4v) is 5.19. The van der Waals surface area contributed by atoms with E-state index in [9.17, 15) is 14.4 Å². The third-order valence-electron chi connectivity index (χ3n) is 6.94. The smallest absolute Gasteiger partial charge is 0.407 e. The molecule has 7 heteroatoms. The molecule has 0 aliphatic heterocycles. The molecule has 4 rings (SSSR count). The number of aliphatic carboxylic acids is 1. The van der Waals surface area contributed by atoms with E-state index in [1.165, 1.54) is 11.1 Å². The van der Waals surface area contributed by atoms with Crippen LogP contribution in [0.3, 0.4) is 0 Å². The number of hydrogen-bond acceptors (Lipinski definition) is 4. The van der Waals surface area contributed by atoms with E-state index in [1.807, 2.05) is 31.2 Å². The van der Waals surface area contributed by atoms with Gasteiger partial charge in [-0.3, -0.25) is 9.59 Å². The Kier molecular flexibility index (Phi) is 7.20. The standard InChI is InChI=1S/C27H32N2O5/c1-2-8-18(15-24(30)29-27(13-7-14-27)16-25(31)32)28-26(33)34-17-23-21-11-5-3-9-19(21)20-10-4-6-12-22(20)23/h3-6,9-12,18,23H,2,7-8,13-17H2,1H3,(H,28,33)(H,29,30)(H,31,32)/t18-/m0/s1. The number of nitrogens with one attached hydrogen (secondary N) is 2. The highest BCUT2D eigenvalue weighted by molar-refractivity contribution is 5.80. The average molecular weight is 465 g/mol. The Balaban J connectivity index is 1.34. The van der Waals surface area contributed by atoms with Gasteiger partial charge in [0, 0.05) is 18.4 Å². The zero-order valence-corrected chi connectivity index (χ0v) is 19.5. The number of amides is 2. The van der Waals surface area contributed by atoms with Gasteiger partial charge in [-0.05, 0) is 47.9 Å². The number of rotatable bonds is 10. The molecule has 2 aliphatic carbocycles. The first-order valence-corrected chi connectivity index (χ1v) is 12.0. The van der Waals surface area contributed by atoms with Crippen LogP contribution in [0.1, 0.15) is 68.9 Å². The molecule has 0 unspecified atom stereocenters. The summed E-state index contributed by atoms with van der Waals surface area (Å²) >= 11 is 0. The molecule has 34 heavy (non-hydrogen) atoms. The van der Waals surface area contributed by atoms with Gasteiger partial charge < -0.3 is 20.5 Å². The van der Waals surface area contributed by atoms with Crippen LogP contribution in [0.5, 0.6) is 0 Å². The maximum Gasteiger partial charge on any atom is 0.407 e. The number of carbonyl (C=O) groups excluding carboxylic acids is 2. The lowest BCUT2D eigenvalue weighted by Gasteiger charge is -2.41. The first-order chi connectivity index (χ1) is 16.4. The molecule has 2 aliphatic rings. The van der Waals surface area contributed by atoms with E-state index in [0.717, 1.165) is 24.0 Å². The van der Waals surface area contributed by atoms with Crippen LogP contribution >= 0.6 is 0 Å². The predicted octanol–water partition coefficient (Wildman–Crippen LogP) is 4.60. The maximum absolute atomic E-state index is 12.6. The van der Waals surface area contributed by atoms with E-state index in [1.54, 1.807) is 0 Å². The Hall–Kier alpha value is -3.35. The van der Waals surface area contributed by atoms with Gasteiger partial charge in [0.2, 0.25) is 5.91 Å². The minimum Gasteiger partial charge on any atom is -0.481 e. The number of fused-ring (bicyclic) bond motifs is 3. The molecule has 0 bridgehead atoms. The molecule has 0 saturated heterocycles. The number of benzene rings is 2. The van der Waals surface area contributed by atoms with Gasteiger partial charge in [0.15, 0.2) is 0 Å². The second kappa shape index (κ2) is 10.3. The fourth-order valence-electron chi connectivity index (χ4n) is 5.19. The van der Waals surface area contributed by atoms with E-state index in [0.29, 0.717) is 19.3 Å². The number of carbonyl (C=O) groups is 3. The summed E-state index contributed by atoms with van der Waals surface area (Å²) in [6.07, 6.45) is 3.15. The Labute approximate surface area is 199 Å². The molecule has 2 aromatic carbocycles. The Morgan fingerprint density at radius 3 is 2.21 bits per heavy atom. The molecular weight excluding hydrogens is 432 g/mol. The lowest BCUT2D eigenvalue weighted by Crippen LogP contribution is -2.55. The first-order valence-electron chi connectivity index (χ1n) is 12.0. The number of hydrogen-bond donors (Lipinski definition) is 3. The molecule has 1 atom stereocenters.